The zero-order valence-electron chi connectivity index (χ0n) is 14.4. The summed E-state index contributed by atoms with van der Waals surface area (Å²) in [4.78, 5) is 28.9. The third-order valence-corrected chi connectivity index (χ3v) is 4.74. The summed E-state index contributed by atoms with van der Waals surface area (Å²) in [6.45, 7) is 5.44. The molecule has 0 unspecified atom stereocenters. The Morgan fingerprint density at radius 2 is 2.00 bits per heavy atom. The minimum atomic E-state index is 0.128. The molecule has 0 aliphatic carbocycles. The van der Waals surface area contributed by atoms with Gasteiger partial charge in [0.15, 0.2) is 0 Å². The van der Waals surface area contributed by atoms with Crippen molar-refractivity contribution in [3.05, 3.63) is 36.3 Å². The van der Waals surface area contributed by atoms with Gasteiger partial charge < -0.3 is 9.80 Å². The highest BCUT2D eigenvalue weighted by molar-refractivity contribution is 5.73. The van der Waals surface area contributed by atoms with Crippen LogP contribution in [0.15, 0.2) is 30.7 Å². The van der Waals surface area contributed by atoms with E-state index in [1.54, 1.807) is 19.4 Å². The number of nitrogens with zero attached hydrogens (tertiary/aromatic N) is 5. The van der Waals surface area contributed by atoms with Gasteiger partial charge in [0.25, 0.3) is 0 Å². The summed E-state index contributed by atoms with van der Waals surface area (Å²) in [6, 6.07) is 6.28. The predicted octanol–water partition coefficient (Wildman–Crippen LogP) is 2.29. The summed E-state index contributed by atoms with van der Waals surface area (Å²) >= 11 is 0. The van der Waals surface area contributed by atoms with Crippen LogP contribution in [0.5, 0.6) is 0 Å². The molecular weight excluding hydrogens is 302 g/mol. The lowest BCUT2D eigenvalue weighted by Gasteiger charge is -2.37. The molecule has 0 atom stereocenters. The Hall–Kier alpha value is -2.50. The third kappa shape index (κ3) is 3.37. The van der Waals surface area contributed by atoms with E-state index in [2.05, 4.69) is 19.9 Å². The number of piperidine rings is 1. The van der Waals surface area contributed by atoms with Gasteiger partial charge in [0.05, 0.1) is 11.4 Å². The topological polar surface area (TPSA) is 62.2 Å². The first kappa shape index (κ1) is 16.4. The molecule has 0 bridgehead atoms. The standard InChI is InChI=1S/C18H23N5O/c1-13-5-4-8-19-18(13)16-11-17(21-12-20-16)23-9-6-15(7-10-23)22(3)14(2)24/h4-5,8,11-12,15H,6-7,9-10H2,1-3H3. The van der Waals surface area contributed by atoms with Gasteiger partial charge in [-0.2, -0.15) is 0 Å². The summed E-state index contributed by atoms with van der Waals surface area (Å²) in [6.07, 6.45) is 5.30. The van der Waals surface area contributed by atoms with Crippen molar-refractivity contribution in [1.82, 2.24) is 19.9 Å². The number of amides is 1. The molecule has 1 fully saturated rings. The second-order valence-corrected chi connectivity index (χ2v) is 6.28. The SMILES string of the molecule is CC(=O)N(C)C1CCN(c2cc(-c3ncccc3C)ncn2)CC1. The van der Waals surface area contributed by atoms with E-state index in [4.69, 9.17) is 0 Å². The lowest BCUT2D eigenvalue weighted by Crippen LogP contribution is -2.45. The van der Waals surface area contributed by atoms with Crippen LogP contribution in [-0.2, 0) is 4.79 Å². The molecule has 0 saturated carbocycles. The van der Waals surface area contributed by atoms with Crippen LogP contribution in [-0.4, -0.2) is 51.9 Å². The maximum absolute atomic E-state index is 11.5. The first-order valence-electron chi connectivity index (χ1n) is 8.28. The summed E-state index contributed by atoms with van der Waals surface area (Å²) in [5.41, 5.74) is 2.84. The van der Waals surface area contributed by atoms with E-state index in [9.17, 15) is 4.79 Å². The van der Waals surface area contributed by atoms with E-state index in [-0.39, 0.29) is 5.91 Å². The molecule has 0 radical (unpaired) electrons. The van der Waals surface area contributed by atoms with Crippen LogP contribution < -0.4 is 4.90 Å². The molecule has 126 valence electrons. The summed E-state index contributed by atoms with van der Waals surface area (Å²) in [5.74, 6) is 1.05. The van der Waals surface area contributed by atoms with Crippen LogP contribution in [0.2, 0.25) is 0 Å². The van der Waals surface area contributed by atoms with Gasteiger partial charge >= 0.3 is 0 Å². The molecule has 1 aliphatic heterocycles. The number of carbonyl (C=O) groups is 1. The molecule has 1 aliphatic rings. The highest BCUT2D eigenvalue weighted by atomic mass is 16.2. The van der Waals surface area contributed by atoms with E-state index < -0.39 is 0 Å². The molecule has 3 heterocycles. The van der Waals surface area contributed by atoms with Gasteiger partial charge in [0.2, 0.25) is 5.91 Å². The van der Waals surface area contributed by atoms with Crippen molar-refractivity contribution in [2.24, 2.45) is 0 Å². The fourth-order valence-electron chi connectivity index (χ4n) is 3.14. The molecule has 24 heavy (non-hydrogen) atoms. The minimum absolute atomic E-state index is 0.128. The van der Waals surface area contributed by atoms with Crippen LogP contribution in [0.1, 0.15) is 25.3 Å². The molecule has 2 aromatic rings. The highest BCUT2D eigenvalue weighted by Gasteiger charge is 2.24. The van der Waals surface area contributed by atoms with E-state index in [0.29, 0.717) is 6.04 Å². The number of carbonyl (C=O) groups excluding carboxylic acids is 1. The molecule has 3 rings (SSSR count). The maximum Gasteiger partial charge on any atom is 0.219 e. The van der Waals surface area contributed by atoms with Crippen molar-refractivity contribution in [2.45, 2.75) is 32.7 Å². The fraction of sp³-hybridized carbons (Fsp3) is 0.444. The van der Waals surface area contributed by atoms with E-state index in [0.717, 1.165) is 48.7 Å². The van der Waals surface area contributed by atoms with E-state index in [1.165, 1.54) is 0 Å². The van der Waals surface area contributed by atoms with Gasteiger partial charge in [-0.15, -0.1) is 0 Å². The van der Waals surface area contributed by atoms with Crippen LogP contribution in [0, 0.1) is 6.92 Å². The monoisotopic (exact) mass is 325 g/mol. The Morgan fingerprint density at radius 1 is 1.25 bits per heavy atom. The molecule has 1 amide bonds. The van der Waals surface area contributed by atoms with Crippen LogP contribution in [0.3, 0.4) is 0 Å². The molecule has 6 heteroatoms. The number of aryl methyl sites for hydroxylation is 1. The number of hydrogen-bond donors (Lipinski definition) is 0. The molecule has 0 aromatic carbocycles. The van der Waals surface area contributed by atoms with Crippen LogP contribution >= 0.6 is 0 Å². The van der Waals surface area contributed by atoms with Crippen molar-refractivity contribution < 1.29 is 4.79 Å². The summed E-state index contributed by atoms with van der Waals surface area (Å²) in [5, 5.41) is 0. The average molecular weight is 325 g/mol. The zero-order valence-corrected chi connectivity index (χ0v) is 14.4. The van der Waals surface area contributed by atoms with E-state index in [1.807, 2.05) is 37.1 Å². The van der Waals surface area contributed by atoms with Crippen LogP contribution in [0.25, 0.3) is 11.4 Å². The van der Waals surface area contributed by atoms with Crippen molar-refractivity contribution in [3.8, 4) is 11.4 Å². The largest absolute Gasteiger partial charge is 0.356 e. The second kappa shape index (κ2) is 6.95. The van der Waals surface area contributed by atoms with Crippen molar-refractivity contribution in [2.75, 3.05) is 25.0 Å². The third-order valence-electron chi connectivity index (χ3n) is 4.74. The fourth-order valence-corrected chi connectivity index (χ4v) is 3.14. The first-order chi connectivity index (χ1) is 11.6. The van der Waals surface area contributed by atoms with Gasteiger partial charge in [-0.1, -0.05) is 6.07 Å². The van der Waals surface area contributed by atoms with Crippen LogP contribution in [0.4, 0.5) is 5.82 Å². The lowest BCUT2D eigenvalue weighted by atomic mass is 10.0. The Bertz CT molecular complexity index is 725. The van der Waals surface area contributed by atoms with Gasteiger partial charge in [-0.05, 0) is 31.4 Å². The smallest absolute Gasteiger partial charge is 0.219 e. The quantitative estimate of drug-likeness (QED) is 0.866. The first-order valence-corrected chi connectivity index (χ1v) is 8.28. The maximum atomic E-state index is 11.5. The molecule has 0 N–H and O–H groups in total. The van der Waals surface area contributed by atoms with Crippen molar-refractivity contribution in [1.29, 1.82) is 0 Å². The molecule has 1 saturated heterocycles. The Morgan fingerprint density at radius 3 is 2.67 bits per heavy atom. The number of anilines is 1. The molecule has 2 aromatic heterocycles. The number of hydrogen-bond acceptors (Lipinski definition) is 5. The Labute approximate surface area is 142 Å². The predicted molar refractivity (Wildman–Crippen MR) is 93.7 cm³/mol. The number of pyridine rings is 1. The highest BCUT2D eigenvalue weighted by Crippen LogP contribution is 2.24. The Balaban J connectivity index is 1.74. The van der Waals surface area contributed by atoms with Crippen molar-refractivity contribution in [3.63, 3.8) is 0 Å². The van der Waals surface area contributed by atoms with E-state index >= 15 is 0 Å². The zero-order chi connectivity index (χ0) is 17.1. The minimum Gasteiger partial charge on any atom is -0.356 e. The van der Waals surface area contributed by atoms with Crippen molar-refractivity contribution >= 4 is 11.7 Å². The van der Waals surface area contributed by atoms with Gasteiger partial charge in [0, 0.05) is 45.4 Å². The normalized spacial score (nSPS) is 15.4. The lowest BCUT2D eigenvalue weighted by molar-refractivity contribution is -0.129. The molecular formula is C18H23N5O. The van der Waals surface area contributed by atoms with Gasteiger partial charge in [-0.3, -0.25) is 9.78 Å². The summed E-state index contributed by atoms with van der Waals surface area (Å²) < 4.78 is 0. The Kier molecular flexibility index (Phi) is 4.74. The average Bonchev–Trinajstić information content (AvgIpc) is 2.61. The number of rotatable bonds is 3. The number of aromatic nitrogens is 3. The van der Waals surface area contributed by atoms with Gasteiger partial charge in [0.1, 0.15) is 12.1 Å². The summed E-state index contributed by atoms with van der Waals surface area (Å²) in [7, 11) is 1.88. The molecule has 0 spiro atoms. The molecule has 6 nitrogen and oxygen atoms in total. The van der Waals surface area contributed by atoms with Gasteiger partial charge in [-0.25, -0.2) is 9.97 Å². The second-order valence-electron chi connectivity index (χ2n) is 6.28.